The molecule has 0 saturated heterocycles. The molecule has 0 atom stereocenters. The zero-order valence-electron chi connectivity index (χ0n) is 10.4. The summed E-state index contributed by atoms with van der Waals surface area (Å²) in [6.07, 6.45) is 0. The SMILES string of the molecule is CCSNC(=O)c1cccc(C(=O)NSCC)c1. The van der Waals surface area contributed by atoms with Gasteiger partial charge in [0.15, 0.2) is 0 Å². The maximum atomic E-state index is 11.7. The highest BCUT2D eigenvalue weighted by Gasteiger charge is 2.09. The van der Waals surface area contributed by atoms with Gasteiger partial charge in [-0.1, -0.05) is 43.8 Å². The first kappa shape index (κ1) is 14.9. The van der Waals surface area contributed by atoms with Crippen LogP contribution in [0, 0.1) is 0 Å². The monoisotopic (exact) mass is 284 g/mol. The first-order valence-corrected chi connectivity index (χ1v) is 7.60. The van der Waals surface area contributed by atoms with Crippen LogP contribution in [0.5, 0.6) is 0 Å². The molecular weight excluding hydrogens is 268 g/mol. The van der Waals surface area contributed by atoms with Crippen molar-refractivity contribution >= 4 is 35.7 Å². The summed E-state index contributed by atoms with van der Waals surface area (Å²) in [5.74, 6) is 1.25. The van der Waals surface area contributed by atoms with Crippen LogP contribution in [-0.2, 0) is 0 Å². The van der Waals surface area contributed by atoms with Crippen LogP contribution >= 0.6 is 23.9 Å². The molecule has 0 heterocycles. The smallest absolute Gasteiger partial charge is 0.261 e. The average molecular weight is 284 g/mol. The van der Waals surface area contributed by atoms with Crippen molar-refractivity contribution in [3.8, 4) is 0 Å². The Morgan fingerprint density at radius 1 is 1.00 bits per heavy atom. The number of rotatable bonds is 6. The lowest BCUT2D eigenvalue weighted by molar-refractivity contribution is 0.0983. The first-order valence-electron chi connectivity index (χ1n) is 5.63. The van der Waals surface area contributed by atoms with Crippen LogP contribution in [0.3, 0.4) is 0 Å². The number of amides is 2. The van der Waals surface area contributed by atoms with Gasteiger partial charge < -0.3 is 0 Å². The molecule has 6 heteroatoms. The van der Waals surface area contributed by atoms with Crippen LogP contribution in [0.1, 0.15) is 34.6 Å². The maximum absolute atomic E-state index is 11.7. The van der Waals surface area contributed by atoms with Crippen LogP contribution in [0.15, 0.2) is 24.3 Å². The molecule has 98 valence electrons. The van der Waals surface area contributed by atoms with Gasteiger partial charge in [0.05, 0.1) is 0 Å². The Labute approximate surface area is 116 Å². The molecule has 18 heavy (non-hydrogen) atoms. The van der Waals surface area contributed by atoms with E-state index in [4.69, 9.17) is 0 Å². The first-order chi connectivity index (χ1) is 8.69. The summed E-state index contributed by atoms with van der Waals surface area (Å²) in [6, 6.07) is 6.68. The predicted molar refractivity (Wildman–Crippen MR) is 77.6 cm³/mol. The van der Waals surface area contributed by atoms with Gasteiger partial charge in [-0.05, 0) is 18.2 Å². The van der Waals surface area contributed by atoms with Crippen molar-refractivity contribution in [2.75, 3.05) is 11.5 Å². The Hall–Kier alpha value is -1.14. The topological polar surface area (TPSA) is 58.2 Å². The van der Waals surface area contributed by atoms with E-state index in [1.54, 1.807) is 24.3 Å². The van der Waals surface area contributed by atoms with E-state index in [0.717, 1.165) is 11.5 Å². The molecular formula is C12H16N2O2S2. The molecule has 2 amide bonds. The molecule has 0 saturated carbocycles. The van der Waals surface area contributed by atoms with Crippen molar-refractivity contribution < 1.29 is 9.59 Å². The van der Waals surface area contributed by atoms with E-state index >= 15 is 0 Å². The Morgan fingerprint density at radius 2 is 1.44 bits per heavy atom. The quantitative estimate of drug-likeness (QED) is 0.788. The van der Waals surface area contributed by atoms with Crippen LogP contribution in [0.2, 0.25) is 0 Å². The lowest BCUT2D eigenvalue weighted by Crippen LogP contribution is -2.19. The third kappa shape index (κ3) is 4.62. The number of nitrogens with one attached hydrogen (secondary N) is 2. The van der Waals surface area contributed by atoms with Crippen LogP contribution < -0.4 is 9.44 Å². The van der Waals surface area contributed by atoms with E-state index in [2.05, 4.69) is 9.44 Å². The van der Waals surface area contributed by atoms with E-state index in [9.17, 15) is 9.59 Å². The maximum Gasteiger partial charge on any atom is 0.261 e. The Morgan fingerprint density at radius 3 is 1.83 bits per heavy atom. The van der Waals surface area contributed by atoms with Gasteiger partial charge in [0, 0.05) is 22.6 Å². The molecule has 1 rings (SSSR count). The highest BCUT2D eigenvalue weighted by atomic mass is 32.2. The summed E-state index contributed by atoms with van der Waals surface area (Å²) in [5.41, 5.74) is 0.982. The van der Waals surface area contributed by atoms with Gasteiger partial charge in [0.25, 0.3) is 11.8 Å². The van der Waals surface area contributed by atoms with Gasteiger partial charge in [0.2, 0.25) is 0 Å². The fourth-order valence-electron chi connectivity index (χ4n) is 1.19. The summed E-state index contributed by atoms with van der Waals surface area (Å²) >= 11 is 2.67. The second-order valence-corrected chi connectivity index (χ2v) is 5.45. The molecule has 0 unspecified atom stereocenters. The molecule has 0 aliphatic rings. The molecule has 2 N–H and O–H groups in total. The lowest BCUT2D eigenvalue weighted by atomic mass is 10.1. The molecule has 0 bridgehead atoms. The molecule has 0 aliphatic heterocycles. The van der Waals surface area contributed by atoms with Gasteiger partial charge >= 0.3 is 0 Å². The molecule has 4 nitrogen and oxygen atoms in total. The largest absolute Gasteiger partial charge is 0.296 e. The van der Waals surface area contributed by atoms with Crippen LogP contribution in [0.4, 0.5) is 0 Å². The average Bonchev–Trinajstić information content (AvgIpc) is 2.42. The fraction of sp³-hybridized carbons (Fsp3) is 0.333. The minimum atomic E-state index is -0.181. The van der Waals surface area contributed by atoms with Crippen molar-refractivity contribution in [3.05, 3.63) is 35.4 Å². The molecule has 0 aromatic heterocycles. The summed E-state index contributed by atoms with van der Waals surface area (Å²) in [7, 11) is 0. The second-order valence-electron chi connectivity index (χ2n) is 3.31. The Balaban J connectivity index is 2.72. The zero-order chi connectivity index (χ0) is 13.4. The summed E-state index contributed by atoms with van der Waals surface area (Å²) < 4.78 is 5.40. The van der Waals surface area contributed by atoms with Gasteiger partial charge in [-0.15, -0.1) is 0 Å². The van der Waals surface area contributed by atoms with Crippen LogP contribution in [0.25, 0.3) is 0 Å². The molecule has 0 spiro atoms. The van der Waals surface area contributed by atoms with E-state index in [0.29, 0.717) is 11.1 Å². The van der Waals surface area contributed by atoms with E-state index in [1.165, 1.54) is 23.9 Å². The second kappa shape index (κ2) is 8.05. The molecule has 0 fully saturated rings. The van der Waals surface area contributed by atoms with Crippen molar-refractivity contribution in [1.29, 1.82) is 0 Å². The van der Waals surface area contributed by atoms with Gasteiger partial charge in [-0.2, -0.15) is 0 Å². The number of hydrogen-bond acceptors (Lipinski definition) is 4. The zero-order valence-corrected chi connectivity index (χ0v) is 12.0. The van der Waals surface area contributed by atoms with Crippen molar-refractivity contribution in [2.45, 2.75) is 13.8 Å². The Bertz CT molecular complexity index is 389. The van der Waals surface area contributed by atoms with E-state index < -0.39 is 0 Å². The number of carbonyl (C=O) groups is 2. The van der Waals surface area contributed by atoms with Gasteiger partial charge in [-0.3, -0.25) is 19.0 Å². The van der Waals surface area contributed by atoms with Gasteiger partial charge in [0.1, 0.15) is 0 Å². The van der Waals surface area contributed by atoms with Gasteiger partial charge in [-0.25, -0.2) is 0 Å². The summed E-state index contributed by atoms with van der Waals surface area (Å²) in [5, 5.41) is 0. The predicted octanol–water partition coefficient (Wildman–Crippen LogP) is 2.48. The summed E-state index contributed by atoms with van der Waals surface area (Å²) in [4.78, 5) is 23.4. The highest BCUT2D eigenvalue weighted by molar-refractivity contribution is 7.98. The van der Waals surface area contributed by atoms with Crippen molar-refractivity contribution in [2.24, 2.45) is 0 Å². The van der Waals surface area contributed by atoms with Crippen molar-refractivity contribution in [1.82, 2.24) is 9.44 Å². The van der Waals surface area contributed by atoms with E-state index in [-0.39, 0.29) is 11.8 Å². The van der Waals surface area contributed by atoms with Crippen molar-refractivity contribution in [3.63, 3.8) is 0 Å². The molecule has 0 aliphatic carbocycles. The number of carbonyl (C=O) groups excluding carboxylic acids is 2. The standard InChI is InChI=1S/C12H16N2O2S2/c1-3-17-13-11(15)9-6-5-7-10(8-9)12(16)14-18-4-2/h5-8H,3-4H2,1-2H3,(H,13,15)(H,14,16). The minimum absolute atomic E-state index is 0.181. The molecule has 0 radical (unpaired) electrons. The van der Waals surface area contributed by atoms with E-state index in [1.807, 2.05) is 13.8 Å². The molecule has 1 aromatic carbocycles. The lowest BCUT2D eigenvalue weighted by Gasteiger charge is -2.05. The molecule has 1 aromatic rings. The highest BCUT2D eigenvalue weighted by Crippen LogP contribution is 2.08. The number of hydrogen-bond donors (Lipinski definition) is 2. The third-order valence-electron chi connectivity index (χ3n) is 2.01. The minimum Gasteiger partial charge on any atom is -0.296 e. The third-order valence-corrected chi connectivity index (χ3v) is 3.24. The normalized spacial score (nSPS) is 9.89. The number of benzene rings is 1. The fourth-order valence-corrected chi connectivity index (χ4v) is 1.98. The Kier molecular flexibility index (Phi) is 6.67. The summed E-state index contributed by atoms with van der Waals surface area (Å²) in [6.45, 7) is 3.91. The van der Waals surface area contributed by atoms with Crippen LogP contribution in [-0.4, -0.2) is 23.3 Å².